The Kier molecular flexibility index (Phi) is 6.46. The second kappa shape index (κ2) is 7.62. The van der Waals surface area contributed by atoms with Crippen molar-refractivity contribution >= 4 is 11.8 Å². The minimum absolute atomic E-state index is 0.0496. The first-order chi connectivity index (χ1) is 9.38. The van der Waals surface area contributed by atoms with Crippen LogP contribution in [0.15, 0.2) is 0 Å². The summed E-state index contributed by atoms with van der Waals surface area (Å²) in [5, 5.41) is 12.1. The fourth-order valence-electron chi connectivity index (χ4n) is 2.75. The van der Waals surface area contributed by atoms with Crippen LogP contribution in [0.1, 0.15) is 47.0 Å². The molecule has 0 aromatic heterocycles. The maximum Gasteiger partial charge on any atom is 0.243 e. The van der Waals surface area contributed by atoms with Gasteiger partial charge in [0.15, 0.2) is 0 Å². The van der Waals surface area contributed by atoms with E-state index >= 15 is 0 Å². The van der Waals surface area contributed by atoms with Crippen molar-refractivity contribution in [2.45, 2.75) is 59.0 Å². The Labute approximate surface area is 121 Å². The van der Waals surface area contributed by atoms with Crippen LogP contribution < -0.4 is 5.32 Å². The van der Waals surface area contributed by atoms with Gasteiger partial charge in [0.2, 0.25) is 11.8 Å². The highest BCUT2D eigenvalue weighted by Gasteiger charge is 2.35. The number of hydrogen-bond acceptors (Lipinski definition) is 3. The van der Waals surface area contributed by atoms with Crippen LogP contribution in [0.4, 0.5) is 0 Å². The Hall–Kier alpha value is -1.10. The second-order valence-corrected chi connectivity index (χ2v) is 6.25. The summed E-state index contributed by atoms with van der Waals surface area (Å²) >= 11 is 0. The first kappa shape index (κ1) is 17.0. The van der Waals surface area contributed by atoms with E-state index < -0.39 is 6.04 Å². The smallest absolute Gasteiger partial charge is 0.243 e. The SMILES string of the molecule is CC(C)C(CCO)NC(=O)C(C(C)C)N1CCCC1=O. The third-order valence-corrected chi connectivity index (χ3v) is 3.92. The first-order valence-corrected chi connectivity index (χ1v) is 7.59. The standard InChI is InChI=1S/C15H28N2O3/c1-10(2)12(7-9-18)16-15(20)14(11(3)4)17-8-5-6-13(17)19/h10-12,14,18H,5-9H2,1-4H3,(H,16,20). The predicted molar refractivity (Wildman–Crippen MR) is 78.0 cm³/mol. The highest BCUT2D eigenvalue weighted by molar-refractivity contribution is 5.89. The summed E-state index contributed by atoms with van der Waals surface area (Å²) in [6, 6.07) is -0.448. The van der Waals surface area contributed by atoms with Gasteiger partial charge in [0.05, 0.1) is 0 Å². The molecule has 116 valence electrons. The number of rotatable bonds is 7. The summed E-state index contributed by atoms with van der Waals surface area (Å²) < 4.78 is 0. The van der Waals surface area contributed by atoms with Gasteiger partial charge in [-0.3, -0.25) is 9.59 Å². The van der Waals surface area contributed by atoms with Crippen molar-refractivity contribution in [3.8, 4) is 0 Å². The van der Waals surface area contributed by atoms with Crippen LogP contribution in [0.3, 0.4) is 0 Å². The Morgan fingerprint density at radius 3 is 2.35 bits per heavy atom. The van der Waals surface area contributed by atoms with E-state index in [1.54, 1.807) is 4.90 Å². The fourth-order valence-corrected chi connectivity index (χ4v) is 2.75. The molecule has 2 atom stereocenters. The number of hydrogen-bond donors (Lipinski definition) is 2. The fraction of sp³-hybridized carbons (Fsp3) is 0.867. The van der Waals surface area contributed by atoms with E-state index in [0.29, 0.717) is 19.4 Å². The van der Waals surface area contributed by atoms with Gasteiger partial charge in [0, 0.05) is 25.6 Å². The molecule has 1 aliphatic heterocycles. The molecule has 1 saturated heterocycles. The third-order valence-electron chi connectivity index (χ3n) is 3.92. The van der Waals surface area contributed by atoms with Gasteiger partial charge in [-0.05, 0) is 24.7 Å². The molecule has 0 spiro atoms. The van der Waals surface area contributed by atoms with Gasteiger partial charge in [-0.25, -0.2) is 0 Å². The zero-order valence-electron chi connectivity index (χ0n) is 13.1. The zero-order valence-corrected chi connectivity index (χ0v) is 13.1. The molecule has 1 fully saturated rings. The lowest BCUT2D eigenvalue weighted by molar-refractivity contribution is -0.139. The lowest BCUT2D eigenvalue weighted by Crippen LogP contribution is -2.53. The average Bonchev–Trinajstić information content (AvgIpc) is 2.75. The maximum absolute atomic E-state index is 12.5. The van der Waals surface area contributed by atoms with Crippen LogP contribution in [0.2, 0.25) is 0 Å². The molecule has 1 rings (SSSR count). The highest BCUT2D eigenvalue weighted by atomic mass is 16.3. The molecule has 2 unspecified atom stereocenters. The van der Waals surface area contributed by atoms with Crippen LogP contribution in [0.25, 0.3) is 0 Å². The highest BCUT2D eigenvalue weighted by Crippen LogP contribution is 2.20. The van der Waals surface area contributed by atoms with Crippen LogP contribution in [0.5, 0.6) is 0 Å². The normalized spacial score (nSPS) is 18.8. The molecule has 20 heavy (non-hydrogen) atoms. The van der Waals surface area contributed by atoms with Gasteiger partial charge in [0.1, 0.15) is 6.04 Å². The summed E-state index contributed by atoms with van der Waals surface area (Å²) in [4.78, 5) is 26.1. The van der Waals surface area contributed by atoms with Gasteiger partial charge >= 0.3 is 0 Å². The molecular weight excluding hydrogens is 256 g/mol. The molecule has 2 N–H and O–H groups in total. The number of aliphatic hydroxyl groups excluding tert-OH is 1. The largest absolute Gasteiger partial charge is 0.396 e. The Bertz CT molecular complexity index is 342. The number of nitrogens with one attached hydrogen (secondary N) is 1. The molecular formula is C15H28N2O3. The number of likely N-dealkylation sites (tertiary alicyclic amines) is 1. The van der Waals surface area contributed by atoms with Crippen molar-refractivity contribution in [2.24, 2.45) is 11.8 Å². The maximum atomic E-state index is 12.5. The summed E-state index contributed by atoms with van der Waals surface area (Å²) in [7, 11) is 0. The van der Waals surface area contributed by atoms with Crippen molar-refractivity contribution in [3.05, 3.63) is 0 Å². The van der Waals surface area contributed by atoms with Crippen molar-refractivity contribution in [1.82, 2.24) is 10.2 Å². The summed E-state index contributed by atoms with van der Waals surface area (Å²) in [5.41, 5.74) is 0. The predicted octanol–water partition coefficient (Wildman–Crippen LogP) is 1.16. The zero-order chi connectivity index (χ0) is 15.3. The number of carbonyl (C=O) groups excluding carboxylic acids is 2. The molecule has 0 radical (unpaired) electrons. The molecule has 2 amide bonds. The van der Waals surface area contributed by atoms with E-state index in [-0.39, 0.29) is 36.3 Å². The van der Waals surface area contributed by atoms with E-state index in [1.807, 2.05) is 27.7 Å². The number of amides is 2. The lowest BCUT2D eigenvalue weighted by atomic mass is 9.97. The van der Waals surface area contributed by atoms with Crippen LogP contribution in [-0.4, -0.2) is 47.1 Å². The molecule has 0 saturated carbocycles. The second-order valence-electron chi connectivity index (χ2n) is 6.25. The van der Waals surface area contributed by atoms with Gasteiger partial charge in [-0.15, -0.1) is 0 Å². The molecule has 5 nitrogen and oxygen atoms in total. The van der Waals surface area contributed by atoms with Gasteiger partial charge in [-0.1, -0.05) is 27.7 Å². The van der Waals surface area contributed by atoms with Crippen molar-refractivity contribution in [2.75, 3.05) is 13.2 Å². The Balaban J connectivity index is 2.76. The molecule has 0 aromatic rings. The third kappa shape index (κ3) is 4.20. The molecule has 5 heteroatoms. The minimum Gasteiger partial charge on any atom is -0.396 e. The van der Waals surface area contributed by atoms with Crippen LogP contribution in [-0.2, 0) is 9.59 Å². The monoisotopic (exact) mass is 284 g/mol. The summed E-state index contributed by atoms with van der Waals surface area (Å²) in [5.74, 6) is 0.316. The van der Waals surface area contributed by atoms with Crippen molar-refractivity contribution in [3.63, 3.8) is 0 Å². The number of nitrogens with zero attached hydrogens (tertiary/aromatic N) is 1. The van der Waals surface area contributed by atoms with E-state index in [0.717, 1.165) is 6.42 Å². The number of aliphatic hydroxyl groups is 1. The molecule has 0 aromatic carbocycles. The molecule has 0 aliphatic carbocycles. The van der Waals surface area contributed by atoms with Crippen LogP contribution >= 0.6 is 0 Å². The van der Waals surface area contributed by atoms with E-state index in [9.17, 15) is 9.59 Å². The first-order valence-electron chi connectivity index (χ1n) is 7.59. The van der Waals surface area contributed by atoms with Gasteiger partial charge in [-0.2, -0.15) is 0 Å². The van der Waals surface area contributed by atoms with Gasteiger partial charge in [0.25, 0.3) is 0 Å². The van der Waals surface area contributed by atoms with Gasteiger partial charge < -0.3 is 15.3 Å². The van der Waals surface area contributed by atoms with Crippen molar-refractivity contribution < 1.29 is 14.7 Å². The van der Waals surface area contributed by atoms with E-state index in [2.05, 4.69) is 5.32 Å². The minimum atomic E-state index is -0.398. The summed E-state index contributed by atoms with van der Waals surface area (Å²) in [6.45, 7) is 8.69. The van der Waals surface area contributed by atoms with E-state index in [4.69, 9.17) is 5.11 Å². The molecule has 0 bridgehead atoms. The van der Waals surface area contributed by atoms with E-state index in [1.165, 1.54) is 0 Å². The summed E-state index contributed by atoms with van der Waals surface area (Å²) in [6.07, 6.45) is 1.92. The Morgan fingerprint density at radius 2 is 1.95 bits per heavy atom. The van der Waals surface area contributed by atoms with Crippen LogP contribution in [0, 0.1) is 11.8 Å². The average molecular weight is 284 g/mol. The molecule has 1 heterocycles. The van der Waals surface area contributed by atoms with Crippen molar-refractivity contribution in [1.29, 1.82) is 0 Å². The lowest BCUT2D eigenvalue weighted by Gasteiger charge is -2.32. The Morgan fingerprint density at radius 1 is 1.30 bits per heavy atom. The quantitative estimate of drug-likeness (QED) is 0.737. The topological polar surface area (TPSA) is 69.6 Å². The molecule has 1 aliphatic rings. The number of carbonyl (C=O) groups is 2.